The highest BCUT2D eigenvalue weighted by atomic mass is 19.1. The van der Waals surface area contributed by atoms with Gasteiger partial charge >= 0.3 is 0 Å². The minimum atomic E-state index is -0.339. The number of halogens is 1. The fourth-order valence-electron chi connectivity index (χ4n) is 2.68. The Morgan fingerprint density at radius 3 is 3.00 bits per heavy atom. The summed E-state index contributed by atoms with van der Waals surface area (Å²) in [6, 6.07) is 4.35. The molecule has 2 aromatic rings. The van der Waals surface area contributed by atoms with Crippen LogP contribution < -0.4 is 10.9 Å². The van der Waals surface area contributed by atoms with E-state index in [1.54, 1.807) is 10.7 Å². The van der Waals surface area contributed by atoms with Crippen molar-refractivity contribution in [2.24, 2.45) is 0 Å². The van der Waals surface area contributed by atoms with Crippen LogP contribution in [0.4, 0.5) is 4.39 Å². The third-order valence-electron chi connectivity index (χ3n) is 3.68. The van der Waals surface area contributed by atoms with E-state index in [-0.39, 0.29) is 17.4 Å². The number of aryl methyl sites for hydroxylation is 1. The van der Waals surface area contributed by atoms with Crippen LogP contribution in [0.5, 0.6) is 0 Å². The average Bonchev–Trinajstić information content (AvgIpc) is 2.43. The van der Waals surface area contributed by atoms with E-state index >= 15 is 0 Å². The Kier molecular flexibility index (Phi) is 3.06. The smallest absolute Gasteiger partial charge is 0.274 e. The summed E-state index contributed by atoms with van der Waals surface area (Å²) in [6.07, 6.45) is 1.99. The van der Waals surface area contributed by atoms with Crippen LogP contribution in [0.1, 0.15) is 24.6 Å². The molecule has 1 aromatic heterocycles. The fourth-order valence-corrected chi connectivity index (χ4v) is 2.68. The molecule has 0 aliphatic carbocycles. The number of aromatic nitrogens is 2. The van der Waals surface area contributed by atoms with Crippen LogP contribution in [-0.2, 0) is 0 Å². The van der Waals surface area contributed by atoms with Gasteiger partial charge in [-0.25, -0.2) is 9.07 Å². The zero-order chi connectivity index (χ0) is 13.4. The van der Waals surface area contributed by atoms with E-state index in [9.17, 15) is 9.18 Å². The molecule has 4 nitrogen and oxygen atoms in total. The van der Waals surface area contributed by atoms with Crippen molar-refractivity contribution in [3.63, 3.8) is 0 Å². The number of piperidine rings is 1. The Bertz CT molecular complexity index is 674. The summed E-state index contributed by atoms with van der Waals surface area (Å²) in [6.45, 7) is 3.57. The summed E-state index contributed by atoms with van der Waals surface area (Å²) in [5.74, 6) is -0.339. The van der Waals surface area contributed by atoms with Gasteiger partial charge in [0.25, 0.3) is 5.56 Å². The molecule has 1 atom stereocenters. The zero-order valence-electron chi connectivity index (χ0n) is 10.8. The molecule has 1 unspecified atom stereocenters. The Balaban J connectivity index is 2.19. The van der Waals surface area contributed by atoms with Gasteiger partial charge in [-0.1, -0.05) is 0 Å². The maximum absolute atomic E-state index is 13.3. The molecular weight excluding hydrogens is 245 g/mol. The summed E-state index contributed by atoms with van der Waals surface area (Å²) in [5, 5.41) is 8.78. The second kappa shape index (κ2) is 4.74. The van der Waals surface area contributed by atoms with Crippen molar-refractivity contribution < 1.29 is 4.39 Å². The van der Waals surface area contributed by atoms with Gasteiger partial charge in [0, 0.05) is 11.9 Å². The number of fused-ring (bicyclic) bond motifs is 1. The molecule has 0 bridgehead atoms. The van der Waals surface area contributed by atoms with Crippen molar-refractivity contribution in [2.75, 3.05) is 13.1 Å². The maximum Gasteiger partial charge on any atom is 0.274 e. The first-order valence-corrected chi connectivity index (χ1v) is 6.56. The SMILES string of the molecule is Cc1nn(C2CCCNC2)c(=O)c2ccc(F)cc12. The van der Waals surface area contributed by atoms with Crippen LogP contribution in [0.15, 0.2) is 23.0 Å². The molecular formula is C14H16FN3O. The third kappa shape index (κ3) is 2.14. The van der Waals surface area contributed by atoms with E-state index in [1.165, 1.54) is 12.1 Å². The highest BCUT2D eigenvalue weighted by Crippen LogP contribution is 2.18. The third-order valence-corrected chi connectivity index (χ3v) is 3.68. The van der Waals surface area contributed by atoms with Crippen molar-refractivity contribution in [1.29, 1.82) is 0 Å². The summed E-state index contributed by atoms with van der Waals surface area (Å²) < 4.78 is 14.8. The lowest BCUT2D eigenvalue weighted by Gasteiger charge is -2.24. The second-order valence-electron chi connectivity index (χ2n) is 5.03. The predicted molar refractivity (Wildman–Crippen MR) is 71.8 cm³/mol. The van der Waals surface area contributed by atoms with Gasteiger partial charge in [0.05, 0.1) is 17.1 Å². The lowest BCUT2D eigenvalue weighted by Crippen LogP contribution is -2.38. The highest BCUT2D eigenvalue weighted by molar-refractivity contribution is 5.83. The minimum absolute atomic E-state index is 0.0920. The molecule has 0 saturated carbocycles. The number of nitrogens with one attached hydrogen (secondary N) is 1. The van der Waals surface area contributed by atoms with Crippen LogP contribution >= 0.6 is 0 Å². The molecule has 0 spiro atoms. The van der Waals surface area contributed by atoms with E-state index in [4.69, 9.17) is 0 Å². The van der Waals surface area contributed by atoms with E-state index in [1.807, 2.05) is 6.92 Å². The van der Waals surface area contributed by atoms with Gasteiger partial charge in [-0.05, 0) is 44.5 Å². The molecule has 19 heavy (non-hydrogen) atoms. The highest BCUT2D eigenvalue weighted by Gasteiger charge is 2.19. The second-order valence-corrected chi connectivity index (χ2v) is 5.03. The number of rotatable bonds is 1. The van der Waals surface area contributed by atoms with Gasteiger partial charge in [0.1, 0.15) is 5.82 Å². The summed E-state index contributed by atoms with van der Waals surface area (Å²) in [7, 11) is 0. The standard InChI is InChI=1S/C14H16FN3O/c1-9-13-7-10(15)4-5-12(13)14(19)18(17-9)11-3-2-6-16-8-11/h4-5,7,11,16H,2-3,6,8H2,1H3. The van der Waals surface area contributed by atoms with E-state index in [2.05, 4.69) is 10.4 Å². The molecule has 1 saturated heterocycles. The minimum Gasteiger partial charge on any atom is -0.315 e. The van der Waals surface area contributed by atoms with Crippen LogP contribution in [-0.4, -0.2) is 22.9 Å². The van der Waals surface area contributed by atoms with Crippen LogP contribution in [0.3, 0.4) is 0 Å². The summed E-state index contributed by atoms with van der Waals surface area (Å²) >= 11 is 0. The number of hydrogen-bond donors (Lipinski definition) is 1. The van der Waals surface area contributed by atoms with Crippen molar-refractivity contribution in [1.82, 2.24) is 15.1 Å². The molecule has 0 amide bonds. The summed E-state index contributed by atoms with van der Waals surface area (Å²) in [5.41, 5.74) is 0.564. The van der Waals surface area contributed by atoms with E-state index in [0.717, 1.165) is 25.9 Å². The van der Waals surface area contributed by atoms with Gasteiger partial charge < -0.3 is 5.32 Å². The van der Waals surface area contributed by atoms with Crippen molar-refractivity contribution in [3.05, 3.63) is 40.1 Å². The van der Waals surface area contributed by atoms with Crippen LogP contribution in [0.2, 0.25) is 0 Å². The quantitative estimate of drug-likeness (QED) is 0.851. The van der Waals surface area contributed by atoms with Crippen LogP contribution in [0.25, 0.3) is 10.8 Å². The zero-order valence-corrected chi connectivity index (χ0v) is 10.8. The molecule has 5 heteroatoms. The monoisotopic (exact) mass is 261 g/mol. The molecule has 1 aromatic carbocycles. The first kappa shape index (κ1) is 12.3. The molecule has 1 N–H and O–H groups in total. The predicted octanol–water partition coefficient (Wildman–Crippen LogP) is 1.77. The molecule has 1 fully saturated rings. The Morgan fingerprint density at radius 2 is 2.26 bits per heavy atom. The van der Waals surface area contributed by atoms with E-state index in [0.29, 0.717) is 16.5 Å². The lowest BCUT2D eigenvalue weighted by molar-refractivity contribution is 0.335. The van der Waals surface area contributed by atoms with Crippen molar-refractivity contribution in [3.8, 4) is 0 Å². The van der Waals surface area contributed by atoms with Gasteiger partial charge in [-0.3, -0.25) is 4.79 Å². The van der Waals surface area contributed by atoms with Gasteiger partial charge in [-0.15, -0.1) is 0 Å². The molecule has 1 aliphatic heterocycles. The van der Waals surface area contributed by atoms with Crippen molar-refractivity contribution >= 4 is 10.8 Å². The number of nitrogens with zero attached hydrogens (tertiary/aromatic N) is 2. The average molecular weight is 261 g/mol. The summed E-state index contributed by atoms with van der Waals surface area (Å²) in [4.78, 5) is 12.4. The molecule has 2 heterocycles. The number of hydrogen-bond acceptors (Lipinski definition) is 3. The first-order valence-electron chi connectivity index (χ1n) is 6.56. The Morgan fingerprint density at radius 1 is 1.42 bits per heavy atom. The molecule has 3 rings (SSSR count). The van der Waals surface area contributed by atoms with Gasteiger partial charge in [-0.2, -0.15) is 5.10 Å². The Labute approximate surface area is 110 Å². The van der Waals surface area contributed by atoms with E-state index < -0.39 is 0 Å². The van der Waals surface area contributed by atoms with Crippen LogP contribution in [0, 0.1) is 12.7 Å². The molecule has 0 radical (unpaired) electrons. The fraction of sp³-hybridized carbons (Fsp3) is 0.429. The lowest BCUT2D eigenvalue weighted by atomic mass is 10.1. The van der Waals surface area contributed by atoms with Crippen molar-refractivity contribution in [2.45, 2.75) is 25.8 Å². The Hall–Kier alpha value is -1.75. The largest absolute Gasteiger partial charge is 0.315 e. The molecule has 100 valence electrons. The van der Waals surface area contributed by atoms with Gasteiger partial charge in [0.15, 0.2) is 0 Å². The normalized spacial score (nSPS) is 19.8. The number of benzene rings is 1. The maximum atomic E-state index is 13.3. The van der Waals surface area contributed by atoms with Gasteiger partial charge in [0.2, 0.25) is 0 Å². The topological polar surface area (TPSA) is 46.9 Å². The molecule has 1 aliphatic rings. The first-order chi connectivity index (χ1) is 9.16.